The standard InChI is InChI=1S/C12H15F3.C11H14F2.4C11H15F.C10H15N.C9H12ClN/c1-7(13)9-5-8(12(2,3)4)6-10(14)11(9)15;1-7-5-8(11(2,3)4)6-9(12)10(7)13;4*1-8-7-9(11(2,3)4)5-6-10(8)12;1-8-7-9(5-6-11-8)10(2,3)4;1-9(2,3)7-4-5-11-8(10)6-7/h5-7H,1-4H3;5-6H,1-4H3;4*5-7H,1-4H3;5-7H,1-4H3;4-6H,1-3H3. The molecule has 8 aromatic rings. The van der Waals surface area contributed by atoms with Crippen LogP contribution in [0, 0.1) is 88.1 Å². The van der Waals surface area contributed by atoms with Gasteiger partial charge in [0.1, 0.15) is 34.6 Å². The molecule has 2 nitrogen and oxygen atoms in total. The lowest BCUT2D eigenvalue weighted by atomic mass is 9.85. The second kappa shape index (κ2) is 36.6. The molecule has 0 fully saturated rings. The van der Waals surface area contributed by atoms with Crippen LogP contribution in [-0.4, -0.2) is 9.97 Å². The molecule has 12 heteroatoms. The molecule has 2 aromatic heterocycles. The molecule has 8 rings (SSSR count). The van der Waals surface area contributed by atoms with Crippen LogP contribution in [0.3, 0.4) is 0 Å². The van der Waals surface area contributed by atoms with Gasteiger partial charge in [-0.25, -0.2) is 44.5 Å². The third kappa shape index (κ3) is 31.2. The maximum atomic E-state index is 13.2. The van der Waals surface area contributed by atoms with Crippen LogP contribution in [0.4, 0.5) is 39.5 Å². The second-order valence-corrected chi connectivity index (χ2v) is 33.9. The normalized spacial score (nSPS) is 12.1. The zero-order valence-corrected chi connectivity index (χ0v) is 65.7. The monoisotopic (exact) mass is 1380 g/mol. The number of aryl methyl sites for hydroxylation is 6. The molecule has 0 aliphatic rings. The maximum Gasteiger partial charge on any atom is 0.164 e. The summed E-state index contributed by atoms with van der Waals surface area (Å²) in [6.45, 7) is 62.1. The summed E-state index contributed by atoms with van der Waals surface area (Å²) in [5.41, 5.74) is 13.3. The Morgan fingerprint density at radius 1 is 0.276 bits per heavy atom. The SMILES string of the molecule is CC(C)(C)c1ccnc(Cl)c1.CC(F)c1cc(C(C)(C)C)cc(F)c1F.Cc1cc(C(C)(C)C)cc(F)c1F.Cc1cc(C(C)(C)C)ccc1F.Cc1cc(C(C)(C)C)ccc1F.Cc1cc(C(C)(C)C)ccc1F.Cc1cc(C(C)(C)C)ccc1F.Cc1cc(C(C)(C)C)ccn1. The van der Waals surface area contributed by atoms with Crippen LogP contribution in [0.25, 0.3) is 0 Å². The van der Waals surface area contributed by atoms with E-state index in [1.807, 2.05) is 115 Å². The van der Waals surface area contributed by atoms with Crippen molar-refractivity contribution in [3.63, 3.8) is 0 Å². The van der Waals surface area contributed by atoms with E-state index in [0.717, 1.165) is 39.6 Å². The van der Waals surface area contributed by atoms with Crippen molar-refractivity contribution in [2.45, 2.75) is 264 Å². The van der Waals surface area contributed by atoms with E-state index < -0.39 is 29.4 Å². The van der Waals surface area contributed by atoms with E-state index in [4.69, 9.17) is 11.6 Å². The highest BCUT2D eigenvalue weighted by Crippen LogP contribution is 2.32. The Kier molecular flexibility index (Phi) is 33.3. The van der Waals surface area contributed by atoms with Gasteiger partial charge in [-0.05, 0) is 231 Å². The number of pyridine rings is 2. The molecule has 0 saturated heterocycles. The molecule has 0 aliphatic heterocycles. The molecular weight excluding hydrogens is 1270 g/mol. The molecule has 0 N–H and O–H groups in total. The lowest BCUT2D eigenvalue weighted by molar-refractivity contribution is 0.352. The van der Waals surface area contributed by atoms with E-state index in [1.165, 1.54) is 76.7 Å². The second-order valence-electron chi connectivity index (χ2n) is 33.5. The fraction of sp³-hybridized carbons (Fsp3) is 0.465. The molecule has 0 amide bonds. The highest BCUT2D eigenvalue weighted by atomic mass is 35.5. The minimum absolute atomic E-state index is 0.110. The average Bonchev–Trinajstić information content (AvgIpc) is 0.819. The number of nitrogens with zero attached hydrogens (tertiary/aromatic N) is 2. The Morgan fingerprint density at radius 3 is 0.745 bits per heavy atom. The number of hydrogen-bond acceptors (Lipinski definition) is 2. The third-order valence-electron chi connectivity index (χ3n) is 15.9. The van der Waals surface area contributed by atoms with E-state index in [2.05, 4.69) is 147 Å². The van der Waals surface area contributed by atoms with Gasteiger partial charge in [0.25, 0.3) is 0 Å². The number of rotatable bonds is 1. The molecule has 0 radical (unpaired) electrons. The molecule has 6 aromatic carbocycles. The lowest BCUT2D eigenvalue weighted by Crippen LogP contribution is -2.13. The van der Waals surface area contributed by atoms with Gasteiger partial charge >= 0.3 is 0 Å². The van der Waals surface area contributed by atoms with Gasteiger partial charge in [0, 0.05) is 23.7 Å². The van der Waals surface area contributed by atoms with E-state index >= 15 is 0 Å². The van der Waals surface area contributed by atoms with Crippen molar-refractivity contribution in [1.82, 2.24) is 9.97 Å². The Morgan fingerprint density at radius 2 is 0.520 bits per heavy atom. The highest BCUT2D eigenvalue weighted by Gasteiger charge is 2.23. The summed E-state index contributed by atoms with van der Waals surface area (Å²) in [5.74, 6) is -4.06. The summed E-state index contributed by atoms with van der Waals surface area (Å²) in [4.78, 5) is 8.07. The van der Waals surface area contributed by atoms with Crippen LogP contribution in [0.15, 0.2) is 134 Å². The summed E-state index contributed by atoms with van der Waals surface area (Å²) < 4.78 is 117. The molecule has 1 unspecified atom stereocenters. The number of aromatic nitrogens is 2. The predicted octanol–water partition coefficient (Wildman–Crippen LogP) is 27.3. The van der Waals surface area contributed by atoms with Crippen molar-refractivity contribution < 1.29 is 39.5 Å². The van der Waals surface area contributed by atoms with Crippen molar-refractivity contribution in [3.05, 3.63) is 269 Å². The fourth-order valence-electron chi connectivity index (χ4n) is 8.82. The fourth-order valence-corrected chi connectivity index (χ4v) is 8.99. The van der Waals surface area contributed by atoms with Gasteiger partial charge in [-0.1, -0.05) is 232 Å². The van der Waals surface area contributed by atoms with E-state index in [9.17, 15) is 39.5 Å². The number of alkyl halides is 1. The molecule has 0 saturated carbocycles. The average molecular weight is 1380 g/mol. The van der Waals surface area contributed by atoms with Crippen molar-refractivity contribution in [1.29, 1.82) is 0 Å². The summed E-state index contributed by atoms with van der Waals surface area (Å²) in [7, 11) is 0. The summed E-state index contributed by atoms with van der Waals surface area (Å²) in [6.07, 6.45) is 2.11. The van der Waals surface area contributed by atoms with Gasteiger partial charge in [-0.3, -0.25) is 4.98 Å². The Bertz CT molecular complexity index is 3480. The molecule has 1 atom stereocenters. The van der Waals surface area contributed by atoms with Gasteiger partial charge in [0.2, 0.25) is 0 Å². The van der Waals surface area contributed by atoms with Crippen LogP contribution < -0.4 is 0 Å². The van der Waals surface area contributed by atoms with Crippen molar-refractivity contribution in [2.75, 3.05) is 0 Å². The van der Waals surface area contributed by atoms with Crippen LogP contribution in [-0.2, 0) is 43.3 Å². The van der Waals surface area contributed by atoms with Crippen LogP contribution in [0.1, 0.15) is 263 Å². The minimum atomic E-state index is -1.50. The summed E-state index contributed by atoms with van der Waals surface area (Å²) >= 11 is 5.74. The van der Waals surface area contributed by atoms with Crippen LogP contribution in [0.5, 0.6) is 0 Å². The third-order valence-corrected chi connectivity index (χ3v) is 16.1. The molecular formula is C86H116ClF9N2. The van der Waals surface area contributed by atoms with E-state index in [0.29, 0.717) is 16.3 Å². The number of benzene rings is 6. The molecule has 0 spiro atoms. The smallest absolute Gasteiger partial charge is 0.164 e. The quantitative estimate of drug-likeness (QED) is 0.121. The van der Waals surface area contributed by atoms with Crippen LogP contribution in [0.2, 0.25) is 5.15 Å². The number of hydrogen-bond donors (Lipinski definition) is 0. The van der Waals surface area contributed by atoms with Gasteiger partial charge in [-0.15, -0.1) is 0 Å². The van der Waals surface area contributed by atoms with Gasteiger partial charge in [0.05, 0.1) is 0 Å². The van der Waals surface area contributed by atoms with Crippen molar-refractivity contribution in [3.8, 4) is 0 Å². The van der Waals surface area contributed by atoms with E-state index in [1.54, 1.807) is 46.9 Å². The van der Waals surface area contributed by atoms with E-state index in [-0.39, 0.29) is 72.2 Å². The molecule has 98 heavy (non-hydrogen) atoms. The molecule has 2 heterocycles. The maximum absolute atomic E-state index is 13.2. The Balaban J connectivity index is 0.000000561. The first-order valence-corrected chi connectivity index (χ1v) is 33.8. The van der Waals surface area contributed by atoms with Gasteiger partial charge in [-0.2, -0.15) is 0 Å². The Labute approximate surface area is 591 Å². The summed E-state index contributed by atoms with van der Waals surface area (Å²) in [5, 5.41) is 0.567. The number of halogens is 10. The first-order valence-electron chi connectivity index (χ1n) is 33.4. The molecule has 540 valence electrons. The Hall–Kier alpha value is -6.72. The van der Waals surface area contributed by atoms with Crippen molar-refractivity contribution in [2.24, 2.45) is 0 Å². The topological polar surface area (TPSA) is 25.8 Å². The first kappa shape index (κ1) is 89.3. The predicted molar refractivity (Wildman–Crippen MR) is 399 cm³/mol. The van der Waals surface area contributed by atoms with Gasteiger partial charge in [0.15, 0.2) is 23.3 Å². The molecule has 0 aliphatic carbocycles. The van der Waals surface area contributed by atoms with Crippen LogP contribution >= 0.6 is 11.6 Å². The summed E-state index contributed by atoms with van der Waals surface area (Å²) in [6, 6.07) is 34.8. The first-order chi connectivity index (χ1) is 44.2. The largest absolute Gasteiger partial charge is 0.262 e. The lowest BCUT2D eigenvalue weighted by Gasteiger charge is -2.20. The van der Waals surface area contributed by atoms with Crippen molar-refractivity contribution >= 4 is 11.6 Å². The zero-order valence-electron chi connectivity index (χ0n) is 65.0. The minimum Gasteiger partial charge on any atom is -0.262 e. The molecule has 0 bridgehead atoms. The highest BCUT2D eigenvalue weighted by molar-refractivity contribution is 6.29. The van der Waals surface area contributed by atoms with Gasteiger partial charge < -0.3 is 0 Å². The zero-order chi connectivity index (χ0) is 76.4.